The lowest BCUT2D eigenvalue weighted by molar-refractivity contribution is -0.317. The third-order valence-electron chi connectivity index (χ3n) is 2.71. The first-order valence-corrected chi connectivity index (χ1v) is 5.48. The van der Waals surface area contributed by atoms with Crippen LogP contribution < -0.4 is 5.32 Å². The molecule has 20 heavy (non-hydrogen) atoms. The molecule has 0 saturated heterocycles. The lowest BCUT2D eigenvalue weighted by Gasteiger charge is -2.32. The number of hydrogen-bond donors (Lipinski definition) is 1. The zero-order valence-electron chi connectivity index (χ0n) is 9.86. The van der Waals surface area contributed by atoms with E-state index in [1.165, 1.54) is 18.2 Å². The van der Waals surface area contributed by atoms with E-state index in [-0.39, 0.29) is 17.6 Å². The number of anilines is 1. The van der Waals surface area contributed by atoms with E-state index in [0.717, 1.165) is 6.07 Å². The Kier molecular flexibility index (Phi) is 4.28. The Hall–Kier alpha value is -1.44. The van der Waals surface area contributed by atoms with Crippen LogP contribution in [-0.4, -0.2) is 18.3 Å². The minimum absolute atomic E-state index is 0.174. The summed E-state index contributed by atoms with van der Waals surface area (Å²) in [5.74, 6) is -2.24. The SMILES string of the molecule is CC(C(=O)Nc1ccccc1Cl)(C(F)(F)F)C(F)(F)F. The summed E-state index contributed by atoms with van der Waals surface area (Å²) in [5, 5.41) is 1.38. The number of amides is 1. The van der Waals surface area contributed by atoms with Crippen LogP contribution in [0.3, 0.4) is 0 Å². The molecule has 1 N–H and O–H groups in total. The zero-order valence-corrected chi connectivity index (χ0v) is 10.6. The van der Waals surface area contributed by atoms with E-state index in [2.05, 4.69) is 0 Å². The fourth-order valence-corrected chi connectivity index (χ4v) is 1.41. The van der Waals surface area contributed by atoms with Crippen LogP contribution in [0.5, 0.6) is 0 Å². The predicted molar refractivity (Wildman–Crippen MR) is 60.3 cm³/mol. The van der Waals surface area contributed by atoms with Crippen LogP contribution in [0.25, 0.3) is 0 Å². The van der Waals surface area contributed by atoms with Crippen molar-refractivity contribution in [1.29, 1.82) is 0 Å². The number of carbonyl (C=O) groups is 1. The van der Waals surface area contributed by atoms with Gasteiger partial charge in [0.15, 0.2) is 0 Å². The van der Waals surface area contributed by atoms with Crippen molar-refractivity contribution in [3.05, 3.63) is 29.3 Å². The molecule has 0 spiro atoms. The van der Waals surface area contributed by atoms with Crippen molar-refractivity contribution >= 4 is 23.2 Å². The maximum absolute atomic E-state index is 12.6. The van der Waals surface area contributed by atoms with Crippen LogP contribution in [-0.2, 0) is 4.79 Å². The second kappa shape index (κ2) is 5.16. The van der Waals surface area contributed by atoms with Crippen LogP contribution in [0.4, 0.5) is 32.0 Å². The Morgan fingerprint density at radius 2 is 1.50 bits per heavy atom. The van der Waals surface area contributed by atoms with E-state index in [0.29, 0.717) is 0 Å². The molecule has 0 aliphatic carbocycles. The lowest BCUT2D eigenvalue weighted by atomic mass is 9.87. The van der Waals surface area contributed by atoms with Crippen LogP contribution >= 0.6 is 11.6 Å². The highest BCUT2D eigenvalue weighted by Crippen LogP contribution is 2.50. The van der Waals surface area contributed by atoms with E-state index < -0.39 is 23.7 Å². The minimum atomic E-state index is -5.80. The second-order valence-electron chi connectivity index (χ2n) is 4.05. The van der Waals surface area contributed by atoms with E-state index in [1.54, 1.807) is 5.32 Å². The first-order valence-electron chi connectivity index (χ1n) is 5.10. The van der Waals surface area contributed by atoms with Gasteiger partial charge in [-0.2, -0.15) is 26.3 Å². The number of nitrogens with one attached hydrogen (secondary N) is 1. The summed E-state index contributed by atoms with van der Waals surface area (Å²) in [6, 6.07) is 5.02. The summed E-state index contributed by atoms with van der Waals surface area (Å²) in [4.78, 5) is 11.5. The van der Waals surface area contributed by atoms with Gasteiger partial charge >= 0.3 is 12.4 Å². The average Bonchev–Trinajstić information content (AvgIpc) is 2.28. The lowest BCUT2D eigenvalue weighted by Crippen LogP contribution is -2.55. The maximum atomic E-state index is 12.6. The average molecular weight is 320 g/mol. The third-order valence-corrected chi connectivity index (χ3v) is 3.04. The molecule has 0 aliphatic heterocycles. The van der Waals surface area contributed by atoms with Crippen molar-refractivity contribution in [3.8, 4) is 0 Å². The smallest absolute Gasteiger partial charge is 0.324 e. The van der Waals surface area contributed by atoms with Crippen molar-refractivity contribution in [2.75, 3.05) is 5.32 Å². The van der Waals surface area contributed by atoms with Gasteiger partial charge in [0.25, 0.3) is 0 Å². The first kappa shape index (κ1) is 16.6. The molecule has 2 nitrogen and oxygen atoms in total. The van der Waals surface area contributed by atoms with Gasteiger partial charge in [0.2, 0.25) is 11.3 Å². The van der Waals surface area contributed by atoms with Crippen LogP contribution in [0.15, 0.2) is 24.3 Å². The molecule has 0 aliphatic rings. The zero-order chi connectivity index (χ0) is 15.8. The van der Waals surface area contributed by atoms with Crippen LogP contribution in [0, 0.1) is 5.41 Å². The number of hydrogen-bond acceptors (Lipinski definition) is 1. The number of rotatable bonds is 2. The van der Waals surface area contributed by atoms with E-state index in [9.17, 15) is 31.1 Å². The fourth-order valence-electron chi connectivity index (χ4n) is 1.23. The molecule has 1 aromatic carbocycles. The molecule has 9 heteroatoms. The van der Waals surface area contributed by atoms with Crippen molar-refractivity contribution in [1.82, 2.24) is 0 Å². The molecule has 0 radical (unpaired) electrons. The number of alkyl halides is 6. The van der Waals surface area contributed by atoms with Gasteiger partial charge in [0.1, 0.15) is 0 Å². The van der Waals surface area contributed by atoms with Gasteiger partial charge in [-0.25, -0.2) is 0 Å². The summed E-state index contributed by atoms with van der Waals surface area (Å²) in [6.45, 7) is -0.223. The van der Waals surface area contributed by atoms with Crippen LogP contribution in [0.2, 0.25) is 5.02 Å². The van der Waals surface area contributed by atoms with Crippen molar-refractivity contribution in [3.63, 3.8) is 0 Å². The van der Waals surface area contributed by atoms with Gasteiger partial charge in [-0.05, 0) is 19.1 Å². The molecule has 0 unspecified atom stereocenters. The van der Waals surface area contributed by atoms with E-state index in [1.807, 2.05) is 0 Å². The Labute approximate surface area is 114 Å². The number of para-hydroxylation sites is 1. The van der Waals surface area contributed by atoms with E-state index in [4.69, 9.17) is 11.6 Å². The highest BCUT2D eigenvalue weighted by Gasteiger charge is 2.72. The Morgan fingerprint density at radius 1 is 1.05 bits per heavy atom. The number of carbonyl (C=O) groups excluding carboxylic acids is 1. The van der Waals surface area contributed by atoms with E-state index >= 15 is 0 Å². The third kappa shape index (κ3) is 2.84. The first-order chi connectivity index (χ1) is 8.91. The van der Waals surface area contributed by atoms with Gasteiger partial charge in [-0.3, -0.25) is 4.79 Å². The molecular formula is C11H8ClF6NO. The Morgan fingerprint density at radius 3 is 1.90 bits per heavy atom. The standard InChI is InChI=1S/C11H8ClF6NO/c1-9(10(13,14)15,11(16,17)18)8(20)19-7-5-3-2-4-6(7)12/h2-5H,1H3,(H,19,20). The van der Waals surface area contributed by atoms with Crippen LogP contribution in [0.1, 0.15) is 6.92 Å². The van der Waals surface area contributed by atoms with Gasteiger partial charge < -0.3 is 5.32 Å². The highest BCUT2D eigenvalue weighted by atomic mass is 35.5. The Balaban J connectivity index is 3.19. The fraction of sp³-hybridized carbons (Fsp3) is 0.364. The topological polar surface area (TPSA) is 29.1 Å². The van der Waals surface area contributed by atoms with Crippen molar-refractivity contribution in [2.45, 2.75) is 19.3 Å². The predicted octanol–water partition coefficient (Wildman–Crippen LogP) is 4.41. The van der Waals surface area contributed by atoms with Gasteiger partial charge in [-0.15, -0.1) is 0 Å². The Bertz CT molecular complexity index is 496. The second-order valence-corrected chi connectivity index (χ2v) is 4.46. The monoisotopic (exact) mass is 319 g/mol. The molecule has 0 aromatic heterocycles. The normalized spacial score (nSPS) is 13.2. The molecule has 1 rings (SSSR count). The summed E-state index contributed by atoms with van der Waals surface area (Å²) in [6.07, 6.45) is -11.6. The molecule has 1 amide bonds. The molecule has 0 heterocycles. The molecule has 1 aromatic rings. The molecule has 0 fully saturated rings. The van der Waals surface area contributed by atoms with Gasteiger partial charge in [0.05, 0.1) is 10.7 Å². The number of halogens is 7. The van der Waals surface area contributed by atoms with Gasteiger partial charge in [0, 0.05) is 0 Å². The summed E-state index contributed by atoms with van der Waals surface area (Å²) in [5.41, 5.74) is -4.86. The molecule has 112 valence electrons. The quantitative estimate of drug-likeness (QED) is 0.804. The van der Waals surface area contributed by atoms with Gasteiger partial charge in [-0.1, -0.05) is 23.7 Å². The highest BCUT2D eigenvalue weighted by molar-refractivity contribution is 6.33. The largest absolute Gasteiger partial charge is 0.411 e. The maximum Gasteiger partial charge on any atom is 0.411 e. The molecular weight excluding hydrogens is 312 g/mol. The summed E-state index contributed by atoms with van der Waals surface area (Å²) in [7, 11) is 0. The molecule has 0 bridgehead atoms. The summed E-state index contributed by atoms with van der Waals surface area (Å²) < 4.78 is 75.8. The summed E-state index contributed by atoms with van der Waals surface area (Å²) >= 11 is 5.57. The molecule has 0 atom stereocenters. The van der Waals surface area contributed by atoms with Crippen molar-refractivity contribution in [2.24, 2.45) is 5.41 Å². The molecule has 0 saturated carbocycles. The number of benzene rings is 1. The van der Waals surface area contributed by atoms with Crippen molar-refractivity contribution < 1.29 is 31.1 Å². The minimum Gasteiger partial charge on any atom is -0.324 e.